The van der Waals surface area contributed by atoms with Crippen LogP contribution in [0.5, 0.6) is 0 Å². The number of nitrogens with zero attached hydrogens (tertiary/aromatic N) is 3. The zero-order chi connectivity index (χ0) is 40.0. The highest BCUT2D eigenvalue weighted by Gasteiger charge is 2.19. The minimum atomic E-state index is 0.637. The van der Waals surface area contributed by atoms with Gasteiger partial charge in [-0.3, -0.25) is 0 Å². The first kappa shape index (κ1) is 33.7. The number of furan rings is 1. The summed E-state index contributed by atoms with van der Waals surface area (Å²) in [5.41, 5.74) is 9.29. The van der Waals surface area contributed by atoms with Crippen LogP contribution in [0.3, 0.4) is 0 Å². The third-order valence-corrected chi connectivity index (χ3v) is 12.4. The van der Waals surface area contributed by atoms with E-state index in [4.69, 9.17) is 19.4 Å². The van der Waals surface area contributed by atoms with E-state index in [0.29, 0.717) is 17.5 Å². The van der Waals surface area contributed by atoms with Gasteiger partial charge in [0.05, 0.1) is 0 Å². The Morgan fingerprint density at radius 2 is 0.574 bits per heavy atom. The van der Waals surface area contributed by atoms with E-state index in [9.17, 15) is 0 Å². The summed E-state index contributed by atoms with van der Waals surface area (Å²) in [6.07, 6.45) is 0. The van der Waals surface area contributed by atoms with Crippen molar-refractivity contribution in [1.82, 2.24) is 15.0 Å². The summed E-state index contributed by atoms with van der Waals surface area (Å²) in [6, 6.07) is 71.2. The van der Waals surface area contributed by atoms with E-state index in [1.165, 1.54) is 75.8 Å². The number of hydrogen-bond donors (Lipinski definition) is 0. The van der Waals surface area contributed by atoms with Crippen LogP contribution < -0.4 is 0 Å². The van der Waals surface area contributed by atoms with Gasteiger partial charge in [0.15, 0.2) is 17.5 Å². The van der Waals surface area contributed by atoms with Gasteiger partial charge in [-0.25, -0.2) is 15.0 Å². The van der Waals surface area contributed by atoms with Crippen LogP contribution in [0.2, 0.25) is 0 Å². The van der Waals surface area contributed by atoms with E-state index in [0.717, 1.165) is 39.0 Å². The molecule has 0 fully saturated rings. The largest absolute Gasteiger partial charge is 0.456 e. The third-order valence-electron chi connectivity index (χ3n) is 12.4. The van der Waals surface area contributed by atoms with Crippen molar-refractivity contribution in [1.29, 1.82) is 0 Å². The molecule has 0 saturated carbocycles. The monoisotopic (exact) mass is 775 g/mol. The molecule has 4 heteroatoms. The maximum absolute atomic E-state index is 6.33. The van der Waals surface area contributed by atoms with Gasteiger partial charge in [0, 0.05) is 27.5 Å². The fourth-order valence-corrected chi connectivity index (χ4v) is 9.59. The van der Waals surface area contributed by atoms with Crippen LogP contribution in [-0.4, -0.2) is 15.0 Å². The van der Waals surface area contributed by atoms with E-state index in [1.807, 2.05) is 60.7 Å². The first-order valence-electron chi connectivity index (χ1n) is 20.7. The van der Waals surface area contributed by atoms with Crippen LogP contribution in [0, 0.1) is 0 Å². The van der Waals surface area contributed by atoms with Crippen molar-refractivity contribution in [3.05, 3.63) is 200 Å². The van der Waals surface area contributed by atoms with Crippen molar-refractivity contribution >= 4 is 75.8 Å². The summed E-state index contributed by atoms with van der Waals surface area (Å²) in [6.45, 7) is 0. The van der Waals surface area contributed by atoms with Crippen LogP contribution in [0.15, 0.2) is 205 Å². The van der Waals surface area contributed by atoms with Gasteiger partial charge < -0.3 is 4.42 Å². The second kappa shape index (κ2) is 13.2. The highest BCUT2D eigenvalue weighted by Crippen LogP contribution is 2.44. The minimum absolute atomic E-state index is 0.637. The van der Waals surface area contributed by atoms with Crippen LogP contribution in [0.25, 0.3) is 132 Å². The SMILES string of the molecule is c1ccc(-c2nc(-c3ccccc3)nc(-c3cccc(-c4ccc5c6ccccc6c6ccc(-c7ccc8c(c7)c7cccc9oc%10cccc8c%10c97)cc6c5c4)c3)n2)cc1. The topological polar surface area (TPSA) is 51.8 Å². The molecule has 4 nitrogen and oxygen atoms in total. The van der Waals surface area contributed by atoms with E-state index in [2.05, 4.69) is 140 Å². The molecular weight excluding hydrogens is 743 g/mol. The van der Waals surface area contributed by atoms with E-state index >= 15 is 0 Å². The van der Waals surface area contributed by atoms with Gasteiger partial charge in [0.2, 0.25) is 0 Å². The van der Waals surface area contributed by atoms with Gasteiger partial charge in [-0.2, -0.15) is 0 Å². The van der Waals surface area contributed by atoms with Crippen molar-refractivity contribution in [2.45, 2.75) is 0 Å². The molecule has 11 aromatic carbocycles. The average molecular weight is 776 g/mol. The molecule has 0 radical (unpaired) electrons. The van der Waals surface area contributed by atoms with Crippen LogP contribution >= 0.6 is 0 Å². The zero-order valence-electron chi connectivity index (χ0n) is 32.8. The van der Waals surface area contributed by atoms with Crippen molar-refractivity contribution in [3.8, 4) is 56.4 Å². The Balaban J connectivity index is 0.979. The number of aromatic nitrogens is 3. The molecule has 0 spiro atoms. The maximum Gasteiger partial charge on any atom is 0.164 e. The van der Waals surface area contributed by atoms with Crippen LogP contribution in [-0.2, 0) is 0 Å². The molecular formula is C57H33N3O. The molecule has 0 unspecified atom stereocenters. The molecule has 0 aliphatic carbocycles. The standard InChI is InChI=1S/C57H33N3O/c1-3-12-34(13-4-1)55-58-56(35-14-5-2-6-15-35)60-57(59-55)40-17-9-16-36(30-40)37-24-27-43-41-18-7-8-19-42(41)44-28-25-39(33-50(44)49(43)32-37)38-26-29-45-46-20-10-22-51-53(46)54-47(48(45)31-38)21-11-23-52(54)61-51/h1-33H. The molecule has 0 saturated heterocycles. The summed E-state index contributed by atoms with van der Waals surface area (Å²) >= 11 is 0. The Morgan fingerprint density at radius 1 is 0.230 bits per heavy atom. The summed E-state index contributed by atoms with van der Waals surface area (Å²) in [5.74, 6) is 1.93. The second-order valence-corrected chi connectivity index (χ2v) is 15.9. The van der Waals surface area contributed by atoms with Crippen molar-refractivity contribution in [2.75, 3.05) is 0 Å². The molecule has 2 aromatic heterocycles. The molecule has 13 rings (SSSR count). The number of hydrogen-bond acceptors (Lipinski definition) is 4. The molecule has 0 amide bonds. The Bertz CT molecular complexity index is 3810. The molecule has 13 aromatic rings. The Kier molecular flexibility index (Phi) is 7.27. The Morgan fingerprint density at radius 3 is 1.10 bits per heavy atom. The molecule has 0 bridgehead atoms. The summed E-state index contributed by atoms with van der Waals surface area (Å²) < 4.78 is 6.33. The maximum atomic E-state index is 6.33. The first-order valence-corrected chi connectivity index (χ1v) is 20.7. The lowest BCUT2D eigenvalue weighted by molar-refractivity contribution is 0.669. The highest BCUT2D eigenvalue weighted by molar-refractivity contribution is 6.33. The van der Waals surface area contributed by atoms with Crippen LogP contribution in [0.1, 0.15) is 0 Å². The number of rotatable bonds is 5. The number of benzene rings is 11. The average Bonchev–Trinajstić information content (AvgIpc) is 3.73. The van der Waals surface area contributed by atoms with Crippen molar-refractivity contribution in [3.63, 3.8) is 0 Å². The Hall–Kier alpha value is -8.21. The van der Waals surface area contributed by atoms with Crippen LogP contribution in [0.4, 0.5) is 0 Å². The highest BCUT2D eigenvalue weighted by atomic mass is 16.3. The van der Waals surface area contributed by atoms with Gasteiger partial charge in [0.1, 0.15) is 11.2 Å². The molecule has 2 heterocycles. The fraction of sp³-hybridized carbons (Fsp3) is 0. The van der Waals surface area contributed by atoms with E-state index in [-0.39, 0.29) is 0 Å². The van der Waals surface area contributed by atoms with Gasteiger partial charge in [0.25, 0.3) is 0 Å². The predicted octanol–water partition coefficient (Wildman–Crippen LogP) is 15.3. The minimum Gasteiger partial charge on any atom is -0.456 e. The first-order chi connectivity index (χ1) is 30.2. The van der Waals surface area contributed by atoms with E-state index in [1.54, 1.807) is 0 Å². The fourth-order valence-electron chi connectivity index (χ4n) is 9.59. The van der Waals surface area contributed by atoms with Gasteiger partial charge in [-0.15, -0.1) is 0 Å². The summed E-state index contributed by atoms with van der Waals surface area (Å²) in [5, 5.41) is 14.8. The zero-order valence-corrected chi connectivity index (χ0v) is 32.8. The third kappa shape index (κ3) is 5.29. The second-order valence-electron chi connectivity index (χ2n) is 15.9. The number of fused-ring (bicyclic) bond motifs is 9. The molecule has 61 heavy (non-hydrogen) atoms. The molecule has 282 valence electrons. The molecule has 0 atom stereocenters. The quantitative estimate of drug-likeness (QED) is 0.163. The normalized spacial score (nSPS) is 11.9. The molecule has 0 aliphatic heterocycles. The lowest BCUT2D eigenvalue weighted by Gasteiger charge is -2.15. The van der Waals surface area contributed by atoms with Gasteiger partial charge >= 0.3 is 0 Å². The molecule has 0 aliphatic rings. The van der Waals surface area contributed by atoms with Gasteiger partial charge in [-0.05, 0) is 113 Å². The summed E-state index contributed by atoms with van der Waals surface area (Å²) in [7, 11) is 0. The lowest BCUT2D eigenvalue weighted by Crippen LogP contribution is -2.00. The van der Waals surface area contributed by atoms with Gasteiger partial charge in [-0.1, -0.05) is 164 Å². The van der Waals surface area contributed by atoms with Crippen molar-refractivity contribution in [2.24, 2.45) is 0 Å². The molecule has 0 N–H and O–H groups in total. The Labute approximate surface area is 350 Å². The summed E-state index contributed by atoms with van der Waals surface area (Å²) in [4.78, 5) is 15.0. The smallest absolute Gasteiger partial charge is 0.164 e. The van der Waals surface area contributed by atoms with Crippen molar-refractivity contribution < 1.29 is 4.42 Å². The van der Waals surface area contributed by atoms with E-state index < -0.39 is 0 Å². The lowest BCUT2D eigenvalue weighted by atomic mass is 9.89. The predicted molar refractivity (Wildman–Crippen MR) is 253 cm³/mol.